The van der Waals surface area contributed by atoms with Crippen LogP contribution in [0.1, 0.15) is 18.1 Å². The highest BCUT2D eigenvalue weighted by Crippen LogP contribution is 2.28. The molecule has 2 aromatic rings. The Labute approximate surface area is 115 Å². The normalized spacial score (nSPS) is 14.2. The van der Waals surface area contributed by atoms with Crippen LogP contribution in [0.25, 0.3) is 0 Å². The van der Waals surface area contributed by atoms with Crippen LogP contribution in [0.2, 0.25) is 0 Å². The topological polar surface area (TPSA) is 40.5 Å². The molecule has 0 aliphatic carbocycles. The maximum Gasteiger partial charge on any atom is 0.115 e. The first-order valence-electron chi connectivity index (χ1n) is 5.74. The van der Waals surface area contributed by atoms with Crippen molar-refractivity contribution in [2.45, 2.75) is 18.9 Å². The fourth-order valence-corrected chi connectivity index (χ4v) is 2.39. The van der Waals surface area contributed by atoms with Crippen molar-refractivity contribution < 1.29 is 10.2 Å². The number of hydrogen-bond acceptors (Lipinski definition) is 2. The number of rotatable bonds is 3. The third kappa shape index (κ3) is 3.12. The molecule has 0 aromatic heterocycles. The molecular weight excluding hydrogens is 292 g/mol. The van der Waals surface area contributed by atoms with Gasteiger partial charge in [-0.1, -0.05) is 40.2 Å². The Morgan fingerprint density at radius 1 is 1.11 bits per heavy atom. The predicted octanol–water partition coefficient (Wildman–Crippen LogP) is 3.60. The number of aliphatic hydroxyl groups is 1. The highest BCUT2D eigenvalue weighted by molar-refractivity contribution is 9.10. The second kappa shape index (κ2) is 5.12. The third-order valence-corrected chi connectivity index (χ3v) is 3.40. The molecule has 0 heterocycles. The summed E-state index contributed by atoms with van der Waals surface area (Å²) in [5.74, 6) is 0.220. The summed E-state index contributed by atoms with van der Waals surface area (Å²) in [6.07, 6.45) is 0.456. The maximum atomic E-state index is 10.6. The first kappa shape index (κ1) is 13.1. The van der Waals surface area contributed by atoms with Gasteiger partial charge in [0.2, 0.25) is 0 Å². The quantitative estimate of drug-likeness (QED) is 0.909. The molecule has 94 valence electrons. The van der Waals surface area contributed by atoms with E-state index in [9.17, 15) is 10.2 Å². The summed E-state index contributed by atoms with van der Waals surface area (Å²) < 4.78 is 0.941. The minimum absolute atomic E-state index is 0.220. The molecular formula is C15H15BrO2. The Kier molecular flexibility index (Phi) is 3.73. The summed E-state index contributed by atoms with van der Waals surface area (Å²) in [7, 11) is 0. The smallest absolute Gasteiger partial charge is 0.115 e. The van der Waals surface area contributed by atoms with E-state index in [0.29, 0.717) is 6.42 Å². The van der Waals surface area contributed by atoms with E-state index < -0.39 is 5.60 Å². The van der Waals surface area contributed by atoms with Gasteiger partial charge in [0.05, 0.1) is 5.60 Å². The van der Waals surface area contributed by atoms with Crippen molar-refractivity contribution in [1.29, 1.82) is 0 Å². The summed E-state index contributed by atoms with van der Waals surface area (Å²) >= 11 is 3.40. The van der Waals surface area contributed by atoms with E-state index in [1.807, 2.05) is 30.3 Å². The van der Waals surface area contributed by atoms with E-state index in [1.54, 1.807) is 25.1 Å². The Morgan fingerprint density at radius 2 is 1.83 bits per heavy atom. The van der Waals surface area contributed by atoms with Crippen molar-refractivity contribution in [3.05, 3.63) is 64.1 Å². The van der Waals surface area contributed by atoms with Gasteiger partial charge in [-0.3, -0.25) is 0 Å². The lowest BCUT2D eigenvalue weighted by atomic mass is 9.89. The predicted molar refractivity (Wildman–Crippen MR) is 75.5 cm³/mol. The van der Waals surface area contributed by atoms with E-state index in [-0.39, 0.29) is 5.75 Å². The Hall–Kier alpha value is -1.32. The summed E-state index contributed by atoms with van der Waals surface area (Å²) in [5, 5.41) is 20.0. The van der Waals surface area contributed by atoms with Crippen LogP contribution in [0.15, 0.2) is 53.0 Å². The fourth-order valence-electron chi connectivity index (χ4n) is 1.99. The van der Waals surface area contributed by atoms with Crippen LogP contribution in [-0.2, 0) is 12.0 Å². The van der Waals surface area contributed by atoms with Crippen LogP contribution in [-0.4, -0.2) is 10.2 Å². The number of benzene rings is 2. The zero-order chi connectivity index (χ0) is 13.2. The summed E-state index contributed by atoms with van der Waals surface area (Å²) in [6, 6.07) is 14.6. The molecule has 0 saturated heterocycles. The molecule has 2 N–H and O–H groups in total. The van der Waals surface area contributed by atoms with Crippen molar-refractivity contribution in [2.75, 3.05) is 0 Å². The van der Waals surface area contributed by atoms with Crippen LogP contribution in [0.3, 0.4) is 0 Å². The van der Waals surface area contributed by atoms with Gasteiger partial charge in [-0.05, 0) is 42.3 Å². The number of phenolic OH excluding ortho intramolecular Hbond substituents is 1. The third-order valence-electron chi connectivity index (χ3n) is 2.91. The van der Waals surface area contributed by atoms with Crippen molar-refractivity contribution >= 4 is 15.9 Å². The largest absolute Gasteiger partial charge is 0.508 e. The molecule has 1 atom stereocenters. The van der Waals surface area contributed by atoms with Crippen molar-refractivity contribution in [3.8, 4) is 5.75 Å². The van der Waals surface area contributed by atoms with E-state index in [2.05, 4.69) is 15.9 Å². The zero-order valence-corrected chi connectivity index (χ0v) is 11.7. The van der Waals surface area contributed by atoms with Crippen molar-refractivity contribution in [2.24, 2.45) is 0 Å². The highest BCUT2D eigenvalue weighted by Gasteiger charge is 2.23. The zero-order valence-electron chi connectivity index (χ0n) is 10.1. The highest BCUT2D eigenvalue weighted by atomic mass is 79.9. The molecule has 0 saturated carbocycles. The Balaban J connectivity index is 2.26. The van der Waals surface area contributed by atoms with Gasteiger partial charge in [0, 0.05) is 10.9 Å². The molecule has 3 heteroatoms. The summed E-state index contributed by atoms with van der Waals surface area (Å²) in [6.45, 7) is 1.78. The first-order chi connectivity index (χ1) is 8.47. The minimum Gasteiger partial charge on any atom is -0.508 e. The number of halogens is 1. The second-order valence-corrected chi connectivity index (χ2v) is 5.55. The van der Waals surface area contributed by atoms with Gasteiger partial charge in [0.25, 0.3) is 0 Å². The van der Waals surface area contributed by atoms with Gasteiger partial charge < -0.3 is 10.2 Å². The molecule has 0 radical (unpaired) electrons. The molecule has 0 spiro atoms. The van der Waals surface area contributed by atoms with E-state index in [4.69, 9.17) is 0 Å². The lowest BCUT2D eigenvalue weighted by Gasteiger charge is -2.24. The van der Waals surface area contributed by atoms with Gasteiger partial charge in [0.15, 0.2) is 0 Å². The fraction of sp³-hybridized carbons (Fsp3) is 0.200. The minimum atomic E-state index is -0.961. The van der Waals surface area contributed by atoms with E-state index in [0.717, 1.165) is 15.6 Å². The van der Waals surface area contributed by atoms with Gasteiger partial charge >= 0.3 is 0 Å². The number of phenols is 1. The SMILES string of the molecule is CC(O)(Cc1cccc(O)c1)c1cccc(Br)c1. The van der Waals surface area contributed by atoms with Gasteiger partial charge in [0.1, 0.15) is 5.75 Å². The van der Waals surface area contributed by atoms with Crippen LogP contribution in [0.5, 0.6) is 5.75 Å². The molecule has 0 bridgehead atoms. The van der Waals surface area contributed by atoms with Crippen LogP contribution in [0.4, 0.5) is 0 Å². The van der Waals surface area contributed by atoms with Crippen LogP contribution < -0.4 is 0 Å². The maximum absolute atomic E-state index is 10.6. The van der Waals surface area contributed by atoms with E-state index in [1.165, 1.54) is 0 Å². The average molecular weight is 307 g/mol. The van der Waals surface area contributed by atoms with Crippen molar-refractivity contribution in [3.63, 3.8) is 0 Å². The monoisotopic (exact) mass is 306 g/mol. The summed E-state index contributed by atoms with van der Waals surface area (Å²) in [4.78, 5) is 0. The molecule has 0 fully saturated rings. The first-order valence-corrected chi connectivity index (χ1v) is 6.53. The molecule has 1 unspecified atom stereocenters. The average Bonchev–Trinajstić information content (AvgIpc) is 2.28. The number of aromatic hydroxyl groups is 1. The number of hydrogen-bond donors (Lipinski definition) is 2. The molecule has 0 amide bonds. The van der Waals surface area contributed by atoms with Crippen LogP contribution in [0, 0.1) is 0 Å². The van der Waals surface area contributed by atoms with Gasteiger partial charge in [-0.25, -0.2) is 0 Å². The van der Waals surface area contributed by atoms with Crippen LogP contribution >= 0.6 is 15.9 Å². The lowest BCUT2D eigenvalue weighted by molar-refractivity contribution is 0.0575. The molecule has 2 nitrogen and oxygen atoms in total. The van der Waals surface area contributed by atoms with Gasteiger partial charge in [-0.15, -0.1) is 0 Å². The molecule has 0 aliphatic heterocycles. The second-order valence-electron chi connectivity index (χ2n) is 4.63. The van der Waals surface area contributed by atoms with Gasteiger partial charge in [-0.2, -0.15) is 0 Å². The molecule has 2 aromatic carbocycles. The molecule has 18 heavy (non-hydrogen) atoms. The molecule has 0 aliphatic rings. The van der Waals surface area contributed by atoms with E-state index >= 15 is 0 Å². The standard InChI is InChI=1S/C15H15BrO2/c1-15(18,12-5-3-6-13(16)9-12)10-11-4-2-7-14(17)8-11/h2-9,17-18H,10H2,1H3. The Morgan fingerprint density at radius 3 is 2.50 bits per heavy atom. The Bertz CT molecular complexity index is 550. The lowest BCUT2D eigenvalue weighted by Crippen LogP contribution is -2.24. The van der Waals surface area contributed by atoms with Crippen molar-refractivity contribution in [1.82, 2.24) is 0 Å². The summed E-state index contributed by atoms with van der Waals surface area (Å²) in [5.41, 5.74) is 0.789. The molecule has 2 rings (SSSR count).